The highest BCUT2D eigenvalue weighted by Crippen LogP contribution is 2.34. The number of hydrogen-bond donors (Lipinski definition) is 2. The first kappa shape index (κ1) is 27.0. The maximum Gasteiger partial charge on any atom is 0.191 e. The standard InChI is InChI=1S/C24H40N4O3.HI/c1-18(2)16-28-12-13-30-21(17-28)15-27-24(25-3)26-14-19-8-7-11-22(29-4)23(19)31-20-9-5-6-10-20;/h7-8,11,18,20-21H,5-6,9-10,12-17H2,1-4H3,(H2,25,26,27);1H. The Bertz CT molecular complexity index is 710. The van der Waals surface area contributed by atoms with Gasteiger partial charge in [0.25, 0.3) is 0 Å². The second-order valence-corrected chi connectivity index (χ2v) is 8.93. The second kappa shape index (κ2) is 14.1. The molecule has 1 aliphatic carbocycles. The number of ether oxygens (including phenoxy) is 3. The average Bonchev–Trinajstić information content (AvgIpc) is 3.27. The Morgan fingerprint density at radius 2 is 2.03 bits per heavy atom. The predicted molar refractivity (Wildman–Crippen MR) is 141 cm³/mol. The van der Waals surface area contributed by atoms with Gasteiger partial charge in [-0.2, -0.15) is 0 Å². The monoisotopic (exact) mass is 560 g/mol. The lowest BCUT2D eigenvalue weighted by Crippen LogP contribution is -2.50. The van der Waals surface area contributed by atoms with E-state index in [2.05, 4.69) is 40.4 Å². The van der Waals surface area contributed by atoms with Crippen molar-refractivity contribution in [2.24, 2.45) is 10.9 Å². The van der Waals surface area contributed by atoms with Gasteiger partial charge >= 0.3 is 0 Å². The van der Waals surface area contributed by atoms with Crippen LogP contribution < -0.4 is 20.1 Å². The van der Waals surface area contributed by atoms with Crippen LogP contribution >= 0.6 is 24.0 Å². The van der Waals surface area contributed by atoms with Gasteiger partial charge in [-0.25, -0.2) is 0 Å². The average molecular weight is 561 g/mol. The summed E-state index contributed by atoms with van der Waals surface area (Å²) in [5.41, 5.74) is 1.08. The molecule has 0 spiro atoms. The van der Waals surface area contributed by atoms with Crippen molar-refractivity contribution in [1.82, 2.24) is 15.5 Å². The van der Waals surface area contributed by atoms with Gasteiger partial charge in [0.05, 0.1) is 25.9 Å². The molecule has 1 heterocycles. The highest BCUT2D eigenvalue weighted by Gasteiger charge is 2.22. The van der Waals surface area contributed by atoms with Gasteiger partial charge in [-0.1, -0.05) is 26.0 Å². The first-order valence-electron chi connectivity index (χ1n) is 11.7. The molecule has 0 aromatic heterocycles. The van der Waals surface area contributed by atoms with Crippen LogP contribution in [-0.2, 0) is 11.3 Å². The number of benzene rings is 1. The number of guanidine groups is 1. The third-order valence-corrected chi connectivity index (χ3v) is 5.88. The van der Waals surface area contributed by atoms with E-state index >= 15 is 0 Å². The Morgan fingerprint density at radius 1 is 1.25 bits per heavy atom. The Labute approximate surface area is 210 Å². The van der Waals surface area contributed by atoms with Gasteiger partial charge in [0.15, 0.2) is 17.5 Å². The molecule has 2 N–H and O–H groups in total. The number of hydrogen-bond acceptors (Lipinski definition) is 5. The molecular weight excluding hydrogens is 519 g/mol. The van der Waals surface area contributed by atoms with Crippen molar-refractivity contribution in [3.63, 3.8) is 0 Å². The Morgan fingerprint density at radius 3 is 2.72 bits per heavy atom. The van der Waals surface area contributed by atoms with Gasteiger partial charge in [-0.15, -0.1) is 24.0 Å². The van der Waals surface area contributed by atoms with Crippen molar-refractivity contribution in [3.05, 3.63) is 23.8 Å². The molecule has 0 amide bonds. The topological polar surface area (TPSA) is 67.4 Å². The molecule has 1 atom stereocenters. The van der Waals surface area contributed by atoms with Crippen LogP contribution in [0.25, 0.3) is 0 Å². The molecule has 8 heteroatoms. The number of rotatable bonds is 9. The Kier molecular flexibility index (Phi) is 11.9. The molecule has 1 saturated carbocycles. The fraction of sp³-hybridized carbons (Fsp3) is 0.708. The van der Waals surface area contributed by atoms with E-state index < -0.39 is 0 Å². The molecule has 3 rings (SSSR count). The molecule has 1 aromatic rings. The van der Waals surface area contributed by atoms with Crippen LogP contribution in [0.4, 0.5) is 0 Å². The van der Waals surface area contributed by atoms with Crippen molar-refractivity contribution in [2.75, 3.05) is 46.9 Å². The minimum Gasteiger partial charge on any atom is -0.493 e. The summed E-state index contributed by atoms with van der Waals surface area (Å²) in [6, 6.07) is 6.05. The molecule has 0 bridgehead atoms. The van der Waals surface area contributed by atoms with E-state index in [-0.39, 0.29) is 36.2 Å². The molecular formula is C24H41IN4O3. The quantitative estimate of drug-likeness (QED) is 0.273. The first-order chi connectivity index (χ1) is 15.1. The smallest absolute Gasteiger partial charge is 0.191 e. The summed E-state index contributed by atoms with van der Waals surface area (Å²) in [5, 5.41) is 6.84. The molecule has 182 valence electrons. The number of nitrogens with one attached hydrogen (secondary N) is 2. The van der Waals surface area contributed by atoms with Crippen LogP contribution in [0.2, 0.25) is 0 Å². The highest BCUT2D eigenvalue weighted by molar-refractivity contribution is 14.0. The summed E-state index contributed by atoms with van der Waals surface area (Å²) in [6.07, 6.45) is 5.16. The number of halogens is 1. The molecule has 32 heavy (non-hydrogen) atoms. The van der Waals surface area contributed by atoms with Crippen molar-refractivity contribution in [2.45, 2.75) is 58.3 Å². The van der Waals surface area contributed by atoms with Crippen molar-refractivity contribution >= 4 is 29.9 Å². The Balaban J connectivity index is 0.00000363. The van der Waals surface area contributed by atoms with E-state index in [9.17, 15) is 0 Å². The molecule has 1 saturated heterocycles. The van der Waals surface area contributed by atoms with Crippen LogP contribution in [0, 0.1) is 5.92 Å². The van der Waals surface area contributed by atoms with E-state index in [0.717, 1.165) is 68.6 Å². The maximum atomic E-state index is 6.34. The molecule has 1 aromatic carbocycles. The molecule has 0 radical (unpaired) electrons. The lowest BCUT2D eigenvalue weighted by Gasteiger charge is -2.34. The van der Waals surface area contributed by atoms with Crippen LogP contribution in [-0.4, -0.2) is 70.0 Å². The number of aliphatic imine (C=N–C) groups is 1. The van der Waals surface area contributed by atoms with Gasteiger partial charge in [0.1, 0.15) is 0 Å². The van der Waals surface area contributed by atoms with E-state index in [4.69, 9.17) is 14.2 Å². The van der Waals surface area contributed by atoms with Crippen molar-refractivity contribution < 1.29 is 14.2 Å². The second-order valence-electron chi connectivity index (χ2n) is 8.93. The zero-order valence-corrected chi connectivity index (χ0v) is 22.4. The zero-order valence-electron chi connectivity index (χ0n) is 20.1. The third-order valence-electron chi connectivity index (χ3n) is 5.88. The summed E-state index contributed by atoms with van der Waals surface area (Å²) in [4.78, 5) is 6.87. The van der Waals surface area contributed by atoms with Crippen LogP contribution in [0.5, 0.6) is 11.5 Å². The largest absolute Gasteiger partial charge is 0.493 e. The minimum absolute atomic E-state index is 0. The van der Waals surface area contributed by atoms with E-state index in [1.807, 2.05) is 12.1 Å². The first-order valence-corrected chi connectivity index (χ1v) is 11.7. The molecule has 2 fully saturated rings. The van der Waals surface area contributed by atoms with E-state index in [1.165, 1.54) is 12.8 Å². The Hall–Kier alpha value is -1.26. The summed E-state index contributed by atoms with van der Waals surface area (Å²) < 4.78 is 17.9. The summed E-state index contributed by atoms with van der Waals surface area (Å²) in [5.74, 6) is 3.07. The highest BCUT2D eigenvalue weighted by atomic mass is 127. The predicted octanol–water partition coefficient (Wildman–Crippen LogP) is 3.66. The third kappa shape index (κ3) is 8.26. The molecule has 1 unspecified atom stereocenters. The number of methoxy groups -OCH3 is 1. The molecule has 7 nitrogen and oxygen atoms in total. The van der Waals surface area contributed by atoms with Crippen molar-refractivity contribution in [3.8, 4) is 11.5 Å². The summed E-state index contributed by atoms with van der Waals surface area (Å²) >= 11 is 0. The van der Waals surface area contributed by atoms with Gasteiger partial charge in [0, 0.05) is 45.3 Å². The molecule has 1 aliphatic heterocycles. The van der Waals surface area contributed by atoms with Crippen LogP contribution in [0.3, 0.4) is 0 Å². The number of para-hydroxylation sites is 1. The normalized spacial score (nSPS) is 20.2. The lowest BCUT2D eigenvalue weighted by atomic mass is 10.1. The van der Waals surface area contributed by atoms with Gasteiger partial charge in [0.2, 0.25) is 0 Å². The fourth-order valence-electron chi connectivity index (χ4n) is 4.36. The summed E-state index contributed by atoms with van der Waals surface area (Å²) in [6.45, 7) is 9.75. The SMILES string of the molecule is CN=C(NCc1cccc(OC)c1OC1CCCC1)NCC1CN(CC(C)C)CCO1.I. The van der Waals surface area contributed by atoms with Crippen LogP contribution in [0.1, 0.15) is 45.1 Å². The van der Waals surface area contributed by atoms with Gasteiger partial charge in [-0.05, 0) is 37.7 Å². The van der Waals surface area contributed by atoms with Crippen molar-refractivity contribution in [1.29, 1.82) is 0 Å². The number of nitrogens with zero attached hydrogens (tertiary/aromatic N) is 2. The fourth-order valence-corrected chi connectivity index (χ4v) is 4.36. The van der Waals surface area contributed by atoms with Gasteiger partial charge in [-0.3, -0.25) is 9.89 Å². The van der Waals surface area contributed by atoms with E-state index in [1.54, 1.807) is 14.2 Å². The summed E-state index contributed by atoms with van der Waals surface area (Å²) in [7, 11) is 3.49. The maximum absolute atomic E-state index is 6.34. The lowest BCUT2D eigenvalue weighted by molar-refractivity contribution is -0.0284. The minimum atomic E-state index is 0. The zero-order chi connectivity index (χ0) is 22.1. The number of morpholine rings is 1. The van der Waals surface area contributed by atoms with Gasteiger partial charge < -0.3 is 24.8 Å². The van der Waals surface area contributed by atoms with Crippen LogP contribution in [0.15, 0.2) is 23.2 Å². The van der Waals surface area contributed by atoms with E-state index in [0.29, 0.717) is 12.5 Å². The molecule has 2 aliphatic rings.